The Morgan fingerprint density at radius 3 is 3.20 bits per heavy atom. The molecular weight excluding hydrogens is 204 g/mol. The van der Waals surface area contributed by atoms with Crippen LogP contribution < -0.4 is 4.90 Å². The molecule has 0 amide bonds. The van der Waals surface area contributed by atoms with E-state index in [4.69, 9.17) is 0 Å². The van der Waals surface area contributed by atoms with E-state index in [0.717, 1.165) is 18.7 Å². The Kier molecular flexibility index (Phi) is 1.99. The number of hydrogen-bond acceptors (Lipinski definition) is 3. The molecule has 0 saturated heterocycles. The molecule has 0 spiro atoms. The Labute approximate surface area is 93.2 Å². The second-order valence-corrected chi connectivity index (χ2v) is 4.49. The van der Waals surface area contributed by atoms with Crippen LogP contribution in [0.5, 0.6) is 0 Å². The zero-order valence-corrected chi connectivity index (χ0v) is 9.34. The highest BCUT2D eigenvalue weighted by molar-refractivity contribution is 7.07. The Bertz CT molecular complexity index is 476. The molecule has 3 rings (SSSR count). The minimum absolute atomic E-state index is 1.04. The van der Waals surface area contributed by atoms with Crippen LogP contribution >= 0.6 is 11.3 Å². The number of hydrogen-bond donors (Lipinski definition) is 0. The number of nitrogens with zero attached hydrogens (tertiary/aromatic N) is 2. The molecule has 1 aromatic heterocycles. The van der Waals surface area contributed by atoms with E-state index in [-0.39, 0.29) is 0 Å². The van der Waals surface area contributed by atoms with Crippen LogP contribution in [0.15, 0.2) is 23.6 Å². The van der Waals surface area contributed by atoms with Gasteiger partial charge in [0.1, 0.15) is 0 Å². The molecule has 0 fully saturated rings. The van der Waals surface area contributed by atoms with Crippen molar-refractivity contribution in [3.05, 3.63) is 34.7 Å². The molecule has 0 unspecified atom stereocenters. The summed E-state index contributed by atoms with van der Waals surface area (Å²) in [7, 11) is 2.14. The summed E-state index contributed by atoms with van der Waals surface area (Å²) in [6.07, 6.45) is 1.15. The Morgan fingerprint density at radius 2 is 2.40 bits per heavy atom. The van der Waals surface area contributed by atoms with Gasteiger partial charge in [0, 0.05) is 30.2 Å². The summed E-state index contributed by atoms with van der Waals surface area (Å²) >= 11 is 1.52. The van der Waals surface area contributed by atoms with Gasteiger partial charge in [0.05, 0.1) is 5.69 Å². The first-order valence-electron chi connectivity index (χ1n) is 5.00. The van der Waals surface area contributed by atoms with Gasteiger partial charge in [-0.15, -0.1) is 11.3 Å². The number of anilines is 1. The standard InChI is InChI=1S/C12H11N2S/c1-14-5-4-10-6-9(2-3-12(10)14)11-7-15-8-13-11/h2-3,6-7H,4-5H2,1H3. The Morgan fingerprint density at radius 1 is 1.47 bits per heavy atom. The van der Waals surface area contributed by atoms with Gasteiger partial charge in [0.15, 0.2) is 5.51 Å². The molecule has 15 heavy (non-hydrogen) atoms. The summed E-state index contributed by atoms with van der Waals surface area (Å²) in [6.45, 7) is 1.13. The van der Waals surface area contributed by atoms with E-state index < -0.39 is 0 Å². The van der Waals surface area contributed by atoms with E-state index in [9.17, 15) is 0 Å². The van der Waals surface area contributed by atoms with E-state index in [1.807, 2.05) is 5.38 Å². The second kappa shape index (κ2) is 3.35. The third kappa shape index (κ3) is 1.43. The lowest BCUT2D eigenvalue weighted by Gasteiger charge is -2.11. The third-order valence-electron chi connectivity index (χ3n) is 2.89. The van der Waals surface area contributed by atoms with Gasteiger partial charge < -0.3 is 4.90 Å². The number of rotatable bonds is 1. The molecule has 2 aromatic rings. The molecule has 0 N–H and O–H groups in total. The molecular formula is C12H11N2S. The van der Waals surface area contributed by atoms with Crippen LogP contribution in [0.1, 0.15) is 5.56 Å². The Hall–Kier alpha value is -1.35. The van der Waals surface area contributed by atoms with Gasteiger partial charge >= 0.3 is 0 Å². The number of fused-ring (bicyclic) bond motifs is 1. The maximum Gasteiger partial charge on any atom is 0.152 e. The van der Waals surface area contributed by atoms with E-state index >= 15 is 0 Å². The lowest BCUT2D eigenvalue weighted by atomic mass is 10.1. The van der Waals surface area contributed by atoms with Gasteiger partial charge in [0.2, 0.25) is 0 Å². The minimum atomic E-state index is 1.04. The first kappa shape index (κ1) is 8.92. The Balaban J connectivity index is 2.07. The van der Waals surface area contributed by atoms with Crippen LogP contribution in [0.4, 0.5) is 5.69 Å². The second-order valence-electron chi connectivity index (χ2n) is 3.84. The van der Waals surface area contributed by atoms with Gasteiger partial charge in [-0.05, 0) is 24.1 Å². The predicted molar refractivity (Wildman–Crippen MR) is 63.4 cm³/mol. The number of aromatic nitrogens is 1. The fourth-order valence-electron chi connectivity index (χ4n) is 2.04. The predicted octanol–water partition coefficient (Wildman–Crippen LogP) is 2.60. The monoisotopic (exact) mass is 215 g/mol. The summed E-state index contributed by atoms with van der Waals surface area (Å²) in [5.74, 6) is 0. The van der Waals surface area contributed by atoms with Crippen LogP contribution in [0.2, 0.25) is 0 Å². The number of benzene rings is 1. The van der Waals surface area contributed by atoms with Crippen molar-refractivity contribution < 1.29 is 0 Å². The lowest BCUT2D eigenvalue weighted by molar-refractivity contribution is 0.956. The first-order valence-corrected chi connectivity index (χ1v) is 5.88. The zero-order valence-electron chi connectivity index (χ0n) is 8.53. The first-order chi connectivity index (χ1) is 7.34. The molecule has 1 aliphatic heterocycles. The highest BCUT2D eigenvalue weighted by Gasteiger charge is 2.16. The molecule has 1 radical (unpaired) electrons. The fraction of sp³-hybridized carbons (Fsp3) is 0.250. The van der Waals surface area contributed by atoms with Gasteiger partial charge in [0.25, 0.3) is 0 Å². The van der Waals surface area contributed by atoms with Crippen LogP contribution in [0, 0.1) is 5.51 Å². The normalized spacial score (nSPS) is 14.3. The van der Waals surface area contributed by atoms with Crippen molar-refractivity contribution in [3.8, 4) is 11.3 Å². The van der Waals surface area contributed by atoms with Crippen molar-refractivity contribution in [1.29, 1.82) is 0 Å². The molecule has 0 saturated carbocycles. The molecule has 75 valence electrons. The molecule has 3 heteroatoms. The molecule has 1 aromatic carbocycles. The van der Waals surface area contributed by atoms with E-state index in [0.29, 0.717) is 0 Å². The largest absolute Gasteiger partial charge is 0.374 e. The SMILES string of the molecule is CN1CCc2cc(-c3cs[c]n3)ccc21. The zero-order chi connectivity index (χ0) is 10.3. The van der Waals surface area contributed by atoms with Crippen LogP contribution in [0.25, 0.3) is 11.3 Å². The molecule has 1 aliphatic rings. The summed E-state index contributed by atoms with van der Waals surface area (Å²) in [4.78, 5) is 6.51. The molecule has 2 nitrogen and oxygen atoms in total. The third-order valence-corrected chi connectivity index (χ3v) is 3.43. The number of likely N-dealkylation sites (N-methyl/N-ethyl adjacent to an activating group) is 1. The summed E-state index contributed by atoms with van der Waals surface area (Å²) in [6, 6.07) is 6.59. The van der Waals surface area contributed by atoms with E-state index in [2.05, 4.69) is 40.6 Å². The molecule has 0 bridgehead atoms. The lowest BCUT2D eigenvalue weighted by Crippen LogP contribution is -2.12. The van der Waals surface area contributed by atoms with Crippen LogP contribution in [0.3, 0.4) is 0 Å². The highest BCUT2D eigenvalue weighted by atomic mass is 32.1. The minimum Gasteiger partial charge on any atom is -0.374 e. The van der Waals surface area contributed by atoms with Crippen molar-refractivity contribution in [2.45, 2.75) is 6.42 Å². The van der Waals surface area contributed by atoms with Gasteiger partial charge in [-0.25, -0.2) is 4.98 Å². The van der Waals surface area contributed by atoms with Gasteiger partial charge in [-0.2, -0.15) is 0 Å². The maximum atomic E-state index is 4.21. The maximum absolute atomic E-state index is 4.21. The summed E-state index contributed by atoms with van der Waals surface area (Å²) in [5, 5.41) is 2.04. The van der Waals surface area contributed by atoms with Crippen molar-refractivity contribution in [1.82, 2.24) is 4.98 Å². The average Bonchev–Trinajstić information content (AvgIpc) is 2.88. The van der Waals surface area contributed by atoms with Crippen molar-refractivity contribution in [3.63, 3.8) is 0 Å². The quantitative estimate of drug-likeness (QED) is 0.727. The summed E-state index contributed by atoms with van der Waals surface area (Å²) in [5.41, 5.74) is 7.93. The smallest absolute Gasteiger partial charge is 0.152 e. The van der Waals surface area contributed by atoms with Crippen molar-refractivity contribution >= 4 is 17.0 Å². The van der Waals surface area contributed by atoms with Gasteiger partial charge in [-0.1, -0.05) is 6.07 Å². The van der Waals surface area contributed by atoms with Crippen LogP contribution in [-0.4, -0.2) is 18.6 Å². The molecule has 0 atom stereocenters. The van der Waals surface area contributed by atoms with Crippen molar-refractivity contribution in [2.24, 2.45) is 0 Å². The topological polar surface area (TPSA) is 16.1 Å². The molecule has 2 heterocycles. The summed E-state index contributed by atoms with van der Waals surface area (Å²) < 4.78 is 0. The van der Waals surface area contributed by atoms with Gasteiger partial charge in [-0.3, -0.25) is 0 Å². The highest BCUT2D eigenvalue weighted by Crippen LogP contribution is 2.30. The molecule has 0 aliphatic carbocycles. The van der Waals surface area contributed by atoms with E-state index in [1.54, 1.807) is 0 Å². The average molecular weight is 215 g/mol. The fourth-order valence-corrected chi connectivity index (χ4v) is 2.55. The van der Waals surface area contributed by atoms with Crippen molar-refractivity contribution in [2.75, 3.05) is 18.5 Å². The number of thiazole rings is 1. The van der Waals surface area contributed by atoms with E-state index in [1.165, 1.54) is 28.2 Å². The van der Waals surface area contributed by atoms with Crippen LogP contribution in [-0.2, 0) is 6.42 Å².